The fourth-order valence-electron chi connectivity index (χ4n) is 2.38. The van der Waals surface area contributed by atoms with Gasteiger partial charge in [-0.25, -0.2) is 9.07 Å². The van der Waals surface area contributed by atoms with Crippen LogP contribution < -0.4 is 0 Å². The number of amides is 1. The number of hydrogen-bond acceptors (Lipinski definition) is 3. The van der Waals surface area contributed by atoms with Gasteiger partial charge in [-0.05, 0) is 45.0 Å². The fourth-order valence-corrected chi connectivity index (χ4v) is 2.38. The second-order valence-electron chi connectivity index (χ2n) is 5.53. The molecule has 0 saturated carbocycles. The summed E-state index contributed by atoms with van der Waals surface area (Å²) in [5, 5.41) is 13.0. The minimum absolute atomic E-state index is 0.00980. The Kier molecular flexibility index (Phi) is 5.12. The van der Waals surface area contributed by atoms with E-state index in [1.807, 2.05) is 13.8 Å². The lowest BCUT2D eigenvalue weighted by Gasteiger charge is -2.25. The van der Waals surface area contributed by atoms with E-state index in [0.717, 1.165) is 0 Å². The predicted octanol–water partition coefficient (Wildman–Crippen LogP) is 3.08. The number of rotatable bonds is 5. The lowest BCUT2D eigenvalue weighted by Crippen LogP contribution is -2.37. The minimum atomic E-state index is -0.322. The highest BCUT2D eigenvalue weighted by Gasteiger charge is 2.22. The summed E-state index contributed by atoms with van der Waals surface area (Å²) in [6.45, 7) is 6.00. The van der Waals surface area contributed by atoms with E-state index in [0.29, 0.717) is 23.5 Å². The first-order chi connectivity index (χ1) is 11.0. The van der Waals surface area contributed by atoms with Crippen LogP contribution in [0.5, 0.6) is 0 Å². The van der Waals surface area contributed by atoms with E-state index in [4.69, 9.17) is 5.26 Å². The van der Waals surface area contributed by atoms with Crippen molar-refractivity contribution in [3.63, 3.8) is 0 Å². The second-order valence-corrected chi connectivity index (χ2v) is 5.53. The minimum Gasteiger partial charge on any atom is -0.335 e. The maximum Gasteiger partial charge on any atom is 0.257 e. The number of benzene rings is 1. The number of carbonyl (C=O) groups is 1. The number of nitriles is 1. The van der Waals surface area contributed by atoms with Gasteiger partial charge in [-0.3, -0.25) is 4.79 Å². The molecule has 6 heteroatoms. The fraction of sp³-hybridized carbons (Fsp3) is 0.353. The van der Waals surface area contributed by atoms with Crippen LogP contribution >= 0.6 is 0 Å². The van der Waals surface area contributed by atoms with E-state index >= 15 is 0 Å². The van der Waals surface area contributed by atoms with Crippen molar-refractivity contribution in [1.29, 1.82) is 5.26 Å². The van der Waals surface area contributed by atoms with Crippen LogP contribution in [-0.4, -0.2) is 33.2 Å². The molecule has 0 unspecified atom stereocenters. The van der Waals surface area contributed by atoms with Crippen molar-refractivity contribution in [2.75, 3.05) is 6.54 Å². The maximum absolute atomic E-state index is 13.0. The topological polar surface area (TPSA) is 61.9 Å². The molecule has 0 aliphatic rings. The lowest BCUT2D eigenvalue weighted by molar-refractivity contribution is 0.0709. The molecule has 0 aliphatic heterocycles. The van der Waals surface area contributed by atoms with Gasteiger partial charge in [0.1, 0.15) is 5.82 Å². The molecule has 5 nitrogen and oxygen atoms in total. The van der Waals surface area contributed by atoms with E-state index in [-0.39, 0.29) is 24.2 Å². The number of nitrogens with zero attached hydrogens (tertiary/aromatic N) is 4. The van der Waals surface area contributed by atoms with Crippen LogP contribution in [0.4, 0.5) is 4.39 Å². The third-order valence-electron chi connectivity index (χ3n) is 3.66. The molecule has 0 saturated heterocycles. The molecule has 1 amide bonds. The van der Waals surface area contributed by atoms with Crippen molar-refractivity contribution in [3.8, 4) is 11.8 Å². The lowest BCUT2D eigenvalue weighted by atomic mass is 10.2. The van der Waals surface area contributed by atoms with Gasteiger partial charge < -0.3 is 4.90 Å². The molecule has 2 aromatic rings. The van der Waals surface area contributed by atoms with Gasteiger partial charge in [-0.2, -0.15) is 10.4 Å². The van der Waals surface area contributed by atoms with Crippen molar-refractivity contribution < 1.29 is 9.18 Å². The first kappa shape index (κ1) is 16.7. The van der Waals surface area contributed by atoms with Crippen LogP contribution in [0.2, 0.25) is 0 Å². The molecule has 0 bridgehead atoms. The van der Waals surface area contributed by atoms with Crippen LogP contribution in [0.15, 0.2) is 30.5 Å². The smallest absolute Gasteiger partial charge is 0.257 e. The zero-order valence-electron chi connectivity index (χ0n) is 13.5. The van der Waals surface area contributed by atoms with Crippen molar-refractivity contribution in [2.24, 2.45) is 0 Å². The summed E-state index contributed by atoms with van der Waals surface area (Å²) in [6, 6.07) is 7.98. The Morgan fingerprint density at radius 1 is 1.39 bits per heavy atom. The van der Waals surface area contributed by atoms with E-state index in [9.17, 15) is 9.18 Å². The van der Waals surface area contributed by atoms with Crippen molar-refractivity contribution in [1.82, 2.24) is 14.7 Å². The summed E-state index contributed by atoms with van der Waals surface area (Å²) in [6.07, 6.45) is 1.80. The molecule has 23 heavy (non-hydrogen) atoms. The molecule has 0 spiro atoms. The molecule has 0 fully saturated rings. The quantitative estimate of drug-likeness (QED) is 0.852. The third kappa shape index (κ3) is 3.57. The van der Waals surface area contributed by atoms with Crippen LogP contribution in [0, 0.1) is 24.1 Å². The Hall–Kier alpha value is -2.68. The molecule has 2 rings (SSSR count). The Morgan fingerprint density at radius 2 is 2.04 bits per heavy atom. The van der Waals surface area contributed by atoms with Gasteiger partial charge in [0.2, 0.25) is 0 Å². The molecule has 0 atom stereocenters. The van der Waals surface area contributed by atoms with E-state index in [1.165, 1.54) is 18.3 Å². The van der Waals surface area contributed by atoms with Gasteiger partial charge in [0.05, 0.1) is 35.6 Å². The molecule has 120 valence electrons. The highest BCUT2D eigenvalue weighted by Crippen LogP contribution is 2.17. The summed E-state index contributed by atoms with van der Waals surface area (Å²) in [5.74, 6) is -0.474. The maximum atomic E-state index is 13.0. The Morgan fingerprint density at radius 3 is 2.61 bits per heavy atom. The van der Waals surface area contributed by atoms with Crippen molar-refractivity contribution in [2.45, 2.75) is 33.2 Å². The standard InChI is InChI=1S/C17H19FN4O/c1-12(2)21(10-4-9-19)17(23)16-11-20-22(13(16)3)15-7-5-14(18)6-8-15/h5-8,11-12H,4,10H2,1-3H3. The van der Waals surface area contributed by atoms with Crippen LogP contribution in [-0.2, 0) is 0 Å². The SMILES string of the molecule is Cc1c(C(=O)N(CCC#N)C(C)C)cnn1-c1ccc(F)cc1. The monoisotopic (exact) mass is 314 g/mol. The Labute approximate surface area is 134 Å². The van der Waals surface area contributed by atoms with Crippen LogP contribution in [0.25, 0.3) is 5.69 Å². The number of halogens is 1. The van der Waals surface area contributed by atoms with Gasteiger partial charge in [0, 0.05) is 12.6 Å². The Bertz CT molecular complexity index is 728. The average molecular weight is 314 g/mol. The molecule has 1 aromatic carbocycles. The van der Waals surface area contributed by atoms with Crippen molar-refractivity contribution >= 4 is 5.91 Å². The summed E-state index contributed by atoms with van der Waals surface area (Å²) >= 11 is 0. The zero-order chi connectivity index (χ0) is 17.0. The molecule has 0 aliphatic carbocycles. The molecule has 0 radical (unpaired) electrons. The van der Waals surface area contributed by atoms with Gasteiger partial charge in [-0.15, -0.1) is 0 Å². The number of hydrogen-bond donors (Lipinski definition) is 0. The highest BCUT2D eigenvalue weighted by molar-refractivity contribution is 5.95. The number of aromatic nitrogens is 2. The van der Waals surface area contributed by atoms with Crippen molar-refractivity contribution in [3.05, 3.63) is 47.5 Å². The van der Waals surface area contributed by atoms with E-state index in [2.05, 4.69) is 11.2 Å². The van der Waals surface area contributed by atoms with Crippen LogP contribution in [0.1, 0.15) is 36.3 Å². The third-order valence-corrected chi connectivity index (χ3v) is 3.66. The Balaban J connectivity index is 2.32. The van der Waals surface area contributed by atoms with Crippen LogP contribution in [0.3, 0.4) is 0 Å². The molecular formula is C17H19FN4O. The summed E-state index contributed by atoms with van der Waals surface area (Å²) in [4.78, 5) is 14.4. The number of carbonyl (C=O) groups excluding carboxylic acids is 1. The molecule has 1 heterocycles. The largest absolute Gasteiger partial charge is 0.335 e. The van der Waals surface area contributed by atoms with E-state index < -0.39 is 0 Å². The first-order valence-electron chi connectivity index (χ1n) is 7.44. The first-order valence-corrected chi connectivity index (χ1v) is 7.44. The summed E-state index contributed by atoms with van der Waals surface area (Å²) in [5.41, 5.74) is 1.86. The van der Waals surface area contributed by atoms with Gasteiger partial charge in [-0.1, -0.05) is 0 Å². The normalized spacial score (nSPS) is 10.6. The van der Waals surface area contributed by atoms with Gasteiger partial charge in [0.25, 0.3) is 5.91 Å². The van der Waals surface area contributed by atoms with Gasteiger partial charge >= 0.3 is 0 Å². The molecule has 1 aromatic heterocycles. The van der Waals surface area contributed by atoms with Gasteiger partial charge in [0.15, 0.2) is 0 Å². The zero-order valence-corrected chi connectivity index (χ0v) is 13.5. The predicted molar refractivity (Wildman–Crippen MR) is 84.7 cm³/mol. The molecular weight excluding hydrogens is 295 g/mol. The highest BCUT2D eigenvalue weighted by atomic mass is 19.1. The summed E-state index contributed by atoms with van der Waals surface area (Å²) < 4.78 is 14.6. The molecule has 0 N–H and O–H groups in total. The average Bonchev–Trinajstić information content (AvgIpc) is 2.89. The second kappa shape index (κ2) is 7.05. The van der Waals surface area contributed by atoms with E-state index in [1.54, 1.807) is 28.6 Å². The summed E-state index contributed by atoms with van der Waals surface area (Å²) in [7, 11) is 0.